The standard InChI is InChI=1S/C50H38O/c1-4-5-25-39(41-27-18-30-45-48(41)51-47-31-17-16-29-44(47)49(45,3)37-21-8-6-9-22-37)34(2)50(38-23-10-7-11-24-38)43-28-15-14-26-40(43)42-32-35-19-12-13-20-36(35)33-46(42)50/h4-33H,2H2,1,3H3/b5-4-,39-25+. The molecule has 244 valence electrons. The van der Waals surface area contributed by atoms with Crippen LogP contribution in [0.5, 0.6) is 11.5 Å². The molecule has 0 saturated heterocycles. The van der Waals surface area contributed by atoms with Gasteiger partial charge in [-0.2, -0.15) is 0 Å². The first kappa shape index (κ1) is 30.8. The van der Waals surface area contributed by atoms with Crippen LogP contribution in [-0.2, 0) is 10.8 Å². The number of ether oxygens (including phenoxy) is 1. The lowest BCUT2D eigenvalue weighted by Crippen LogP contribution is -2.31. The molecule has 2 unspecified atom stereocenters. The molecule has 1 nitrogen and oxygen atoms in total. The topological polar surface area (TPSA) is 9.23 Å². The molecule has 7 aromatic carbocycles. The number of allylic oxidation sites excluding steroid dienone is 5. The summed E-state index contributed by atoms with van der Waals surface area (Å²) in [5.74, 6) is 1.74. The summed E-state index contributed by atoms with van der Waals surface area (Å²) in [6.45, 7) is 9.52. The Labute approximate surface area is 300 Å². The molecular weight excluding hydrogens is 617 g/mol. The molecular formula is C50H38O. The lowest BCUT2D eigenvalue weighted by molar-refractivity contribution is 0.426. The highest BCUT2D eigenvalue weighted by atomic mass is 16.5. The van der Waals surface area contributed by atoms with Crippen molar-refractivity contribution in [1.82, 2.24) is 0 Å². The summed E-state index contributed by atoms with van der Waals surface area (Å²) in [7, 11) is 0. The maximum Gasteiger partial charge on any atom is 0.139 e. The zero-order valence-corrected chi connectivity index (χ0v) is 28.9. The molecule has 7 aromatic rings. The van der Waals surface area contributed by atoms with E-state index in [4.69, 9.17) is 11.3 Å². The molecule has 1 heteroatoms. The molecule has 1 aliphatic carbocycles. The average molecular weight is 655 g/mol. The Kier molecular flexibility index (Phi) is 7.26. The van der Waals surface area contributed by atoms with Crippen LogP contribution in [0.2, 0.25) is 0 Å². The molecule has 0 spiro atoms. The van der Waals surface area contributed by atoms with E-state index in [-0.39, 0.29) is 0 Å². The van der Waals surface area contributed by atoms with Crippen LogP contribution >= 0.6 is 0 Å². The number of para-hydroxylation sites is 2. The lowest BCUT2D eigenvalue weighted by Gasteiger charge is -2.40. The van der Waals surface area contributed by atoms with Gasteiger partial charge in [-0.25, -0.2) is 0 Å². The van der Waals surface area contributed by atoms with Gasteiger partial charge in [-0.05, 0) is 87.3 Å². The Balaban J connectivity index is 1.34. The van der Waals surface area contributed by atoms with Gasteiger partial charge in [0, 0.05) is 22.1 Å². The van der Waals surface area contributed by atoms with Crippen LogP contribution in [0.3, 0.4) is 0 Å². The minimum absolute atomic E-state index is 0.433. The number of fused-ring (bicyclic) bond motifs is 6. The predicted octanol–water partition coefficient (Wildman–Crippen LogP) is 12.8. The van der Waals surface area contributed by atoms with Crippen LogP contribution in [0.4, 0.5) is 0 Å². The Morgan fingerprint density at radius 2 is 1.18 bits per heavy atom. The smallest absolute Gasteiger partial charge is 0.139 e. The van der Waals surface area contributed by atoms with E-state index in [0.29, 0.717) is 0 Å². The van der Waals surface area contributed by atoms with E-state index in [1.165, 1.54) is 44.2 Å². The van der Waals surface area contributed by atoms with Gasteiger partial charge in [-0.3, -0.25) is 0 Å². The summed E-state index contributed by atoms with van der Waals surface area (Å²) < 4.78 is 7.03. The molecule has 9 rings (SSSR count). The molecule has 0 bridgehead atoms. The summed E-state index contributed by atoms with van der Waals surface area (Å²) in [5, 5.41) is 2.45. The highest BCUT2D eigenvalue weighted by molar-refractivity contribution is 5.99. The Hall–Kier alpha value is -6.18. The van der Waals surface area contributed by atoms with Gasteiger partial charge < -0.3 is 4.74 Å². The summed E-state index contributed by atoms with van der Waals surface area (Å²) in [4.78, 5) is 0. The van der Waals surface area contributed by atoms with Crippen molar-refractivity contribution >= 4 is 16.3 Å². The maximum absolute atomic E-state index is 7.03. The third kappa shape index (κ3) is 4.48. The van der Waals surface area contributed by atoms with E-state index in [1.807, 2.05) is 0 Å². The second-order valence-electron chi connectivity index (χ2n) is 13.8. The van der Waals surface area contributed by atoms with Crippen molar-refractivity contribution in [2.75, 3.05) is 0 Å². The zero-order valence-electron chi connectivity index (χ0n) is 28.9. The maximum atomic E-state index is 7.03. The van der Waals surface area contributed by atoms with Crippen LogP contribution in [0.25, 0.3) is 27.5 Å². The van der Waals surface area contributed by atoms with Gasteiger partial charge in [0.05, 0.1) is 5.41 Å². The van der Waals surface area contributed by atoms with Crippen molar-refractivity contribution in [1.29, 1.82) is 0 Å². The van der Waals surface area contributed by atoms with Crippen LogP contribution < -0.4 is 4.74 Å². The highest BCUT2D eigenvalue weighted by Crippen LogP contribution is 2.60. The molecule has 1 aliphatic heterocycles. The summed E-state index contributed by atoms with van der Waals surface area (Å²) in [6.07, 6.45) is 6.45. The minimum atomic E-state index is -0.664. The molecule has 51 heavy (non-hydrogen) atoms. The first-order valence-corrected chi connectivity index (χ1v) is 17.7. The van der Waals surface area contributed by atoms with Gasteiger partial charge >= 0.3 is 0 Å². The third-order valence-electron chi connectivity index (χ3n) is 11.2. The van der Waals surface area contributed by atoms with E-state index in [2.05, 4.69) is 196 Å². The Morgan fingerprint density at radius 3 is 1.92 bits per heavy atom. The quantitative estimate of drug-likeness (QED) is 0.162. The fourth-order valence-corrected chi connectivity index (χ4v) is 8.77. The first-order valence-electron chi connectivity index (χ1n) is 17.7. The normalized spacial score (nSPS) is 18.8. The molecule has 0 radical (unpaired) electrons. The Morgan fingerprint density at radius 1 is 0.569 bits per heavy atom. The molecule has 0 aromatic heterocycles. The van der Waals surface area contributed by atoms with Gasteiger partial charge in [0.25, 0.3) is 0 Å². The number of hydrogen-bond acceptors (Lipinski definition) is 1. The lowest BCUT2D eigenvalue weighted by atomic mass is 9.64. The second kappa shape index (κ2) is 12.0. The van der Waals surface area contributed by atoms with Crippen LogP contribution in [0, 0.1) is 0 Å². The molecule has 2 atom stereocenters. The zero-order chi connectivity index (χ0) is 34.6. The molecule has 0 fully saturated rings. The fraction of sp³-hybridized carbons (Fsp3) is 0.0800. The van der Waals surface area contributed by atoms with E-state index in [1.54, 1.807) is 0 Å². The number of hydrogen-bond donors (Lipinski definition) is 0. The van der Waals surface area contributed by atoms with Crippen molar-refractivity contribution in [3.8, 4) is 22.6 Å². The molecule has 2 aliphatic rings. The van der Waals surface area contributed by atoms with Crippen molar-refractivity contribution in [3.05, 3.63) is 233 Å². The van der Waals surface area contributed by atoms with Crippen molar-refractivity contribution in [2.24, 2.45) is 0 Å². The van der Waals surface area contributed by atoms with Gasteiger partial charge in [0.1, 0.15) is 11.5 Å². The molecule has 0 amide bonds. The minimum Gasteiger partial charge on any atom is -0.456 e. The van der Waals surface area contributed by atoms with Gasteiger partial charge in [-0.1, -0.05) is 170 Å². The van der Waals surface area contributed by atoms with Crippen LogP contribution in [0.1, 0.15) is 52.8 Å². The second-order valence-corrected chi connectivity index (χ2v) is 13.8. The largest absolute Gasteiger partial charge is 0.456 e. The Bertz CT molecular complexity index is 2540. The first-order chi connectivity index (χ1) is 25.1. The monoisotopic (exact) mass is 654 g/mol. The number of benzene rings is 7. The number of rotatable bonds is 6. The van der Waals surface area contributed by atoms with E-state index in [9.17, 15) is 0 Å². The van der Waals surface area contributed by atoms with Crippen molar-refractivity contribution in [2.45, 2.75) is 24.7 Å². The summed E-state index contributed by atoms with van der Waals surface area (Å²) in [5.41, 5.74) is 11.6. The highest BCUT2D eigenvalue weighted by Gasteiger charge is 2.49. The van der Waals surface area contributed by atoms with Crippen LogP contribution in [-0.4, -0.2) is 0 Å². The van der Waals surface area contributed by atoms with E-state index < -0.39 is 10.8 Å². The SMILES string of the molecule is C=C(/C(=C\C=C/C)c1cccc2c1Oc1ccccc1C2(C)c1ccccc1)C1(c2ccccc2)c2ccccc2-c2cc3ccccc3cc21. The van der Waals surface area contributed by atoms with E-state index in [0.717, 1.165) is 39.3 Å². The van der Waals surface area contributed by atoms with Gasteiger partial charge in [0.15, 0.2) is 0 Å². The van der Waals surface area contributed by atoms with Crippen LogP contribution in [0.15, 0.2) is 194 Å². The van der Waals surface area contributed by atoms with Gasteiger partial charge in [0.2, 0.25) is 0 Å². The summed E-state index contributed by atoms with van der Waals surface area (Å²) in [6, 6.07) is 59.2. The van der Waals surface area contributed by atoms with Crippen molar-refractivity contribution < 1.29 is 4.74 Å². The molecule has 1 heterocycles. The predicted molar refractivity (Wildman–Crippen MR) is 213 cm³/mol. The molecule has 0 N–H and O–H groups in total. The average Bonchev–Trinajstić information content (AvgIpc) is 3.48. The molecule has 0 saturated carbocycles. The van der Waals surface area contributed by atoms with E-state index >= 15 is 0 Å². The summed E-state index contributed by atoms with van der Waals surface area (Å²) >= 11 is 0. The van der Waals surface area contributed by atoms with Crippen molar-refractivity contribution in [3.63, 3.8) is 0 Å². The third-order valence-corrected chi connectivity index (χ3v) is 11.2. The van der Waals surface area contributed by atoms with Gasteiger partial charge in [-0.15, -0.1) is 0 Å². The fourth-order valence-electron chi connectivity index (χ4n) is 8.77.